The first-order chi connectivity index (χ1) is 13.7. The fraction of sp³-hybridized carbons (Fsp3) is 0.500. The first kappa shape index (κ1) is 23.9. The van der Waals surface area contributed by atoms with Crippen molar-refractivity contribution in [2.75, 3.05) is 5.75 Å². The minimum absolute atomic E-state index is 0.0537. The number of β-lactam (4-membered cyclic amide) rings is 1. The summed E-state index contributed by atoms with van der Waals surface area (Å²) in [7, 11) is 0. The molecule has 0 bridgehead atoms. The van der Waals surface area contributed by atoms with E-state index in [1.165, 1.54) is 52.7 Å². The lowest BCUT2D eigenvalue weighted by Gasteiger charge is -2.49. The van der Waals surface area contributed by atoms with E-state index in [1.54, 1.807) is 0 Å². The normalized spacial score (nSPS) is 19.6. The Bertz CT molecular complexity index is 790. The van der Waals surface area contributed by atoms with Crippen LogP contribution in [0.15, 0.2) is 24.3 Å². The van der Waals surface area contributed by atoms with Crippen molar-refractivity contribution in [1.29, 1.82) is 0 Å². The average molecular weight is 477 g/mol. The number of nitro groups is 1. The van der Waals surface area contributed by atoms with E-state index >= 15 is 0 Å². The highest BCUT2D eigenvalue weighted by molar-refractivity contribution is 8.47. The number of thioether (sulfide) groups is 2. The van der Waals surface area contributed by atoms with Crippen molar-refractivity contribution < 1.29 is 19.2 Å². The van der Waals surface area contributed by atoms with Gasteiger partial charge < -0.3 is 9.64 Å². The molecule has 7 nitrogen and oxygen atoms in total. The zero-order chi connectivity index (χ0) is 21.7. The fourth-order valence-electron chi connectivity index (χ4n) is 2.80. The molecule has 158 valence electrons. The van der Waals surface area contributed by atoms with Crippen LogP contribution < -0.4 is 0 Å². The van der Waals surface area contributed by atoms with Gasteiger partial charge in [-0.15, -0.1) is 11.8 Å². The van der Waals surface area contributed by atoms with E-state index in [1.807, 2.05) is 20.8 Å². The molecule has 1 aliphatic rings. The molecule has 1 fully saturated rings. The number of carbonyl (C=O) groups is 2. The van der Waals surface area contributed by atoms with Crippen LogP contribution in [-0.4, -0.2) is 41.9 Å². The number of thiocarbonyl (C=S) groups is 1. The quantitative estimate of drug-likeness (QED) is 0.104. The van der Waals surface area contributed by atoms with Crippen LogP contribution in [0.4, 0.5) is 5.69 Å². The van der Waals surface area contributed by atoms with Crippen LogP contribution in [0.1, 0.15) is 26.3 Å². The lowest BCUT2D eigenvalue weighted by atomic mass is 9.87. The molecule has 0 radical (unpaired) electrons. The Morgan fingerprint density at radius 1 is 1.38 bits per heavy atom. The van der Waals surface area contributed by atoms with E-state index in [-0.39, 0.29) is 35.4 Å². The summed E-state index contributed by atoms with van der Waals surface area (Å²) in [4.78, 5) is 36.5. The molecule has 1 heterocycles. The van der Waals surface area contributed by atoms with Crippen molar-refractivity contribution in [2.24, 2.45) is 11.8 Å². The molecule has 11 heteroatoms. The molecule has 0 aliphatic carbocycles. The zero-order valence-corrected chi connectivity index (χ0v) is 19.3. The van der Waals surface area contributed by atoms with Crippen molar-refractivity contribution in [1.82, 2.24) is 4.90 Å². The SMILES string of the molecule is CCSC(=S)SC1C(C(C)C)C(=O)N1C(Cl)C(=O)OCc1ccc([N+](=O)[O-])cc1. The van der Waals surface area contributed by atoms with Crippen molar-refractivity contribution in [2.45, 2.75) is 38.3 Å². The number of hydrogen-bond acceptors (Lipinski definition) is 8. The summed E-state index contributed by atoms with van der Waals surface area (Å²) in [5, 5.41) is 10.4. The number of likely N-dealkylation sites (tertiary alicyclic amines) is 1. The second kappa shape index (κ2) is 10.6. The number of nitro benzene ring substituents is 1. The molecular formula is C18H21ClN2O5S3. The Labute approximate surface area is 188 Å². The molecule has 2 rings (SSSR count). The molecule has 0 aromatic heterocycles. The van der Waals surface area contributed by atoms with E-state index in [0.717, 1.165) is 5.75 Å². The lowest BCUT2D eigenvalue weighted by Crippen LogP contribution is -2.65. The second-order valence-corrected chi connectivity index (χ2v) is 10.6. The van der Waals surface area contributed by atoms with Gasteiger partial charge >= 0.3 is 5.97 Å². The Hall–Kier alpha value is -1.36. The topological polar surface area (TPSA) is 89.8 Å². The number of halogens is 1. The smallest absolute Gasteiger partial charge is 0.345 e. The zero-order valence-electron chi connectivity index (χ0n) is 16.1. The van der Waals surface area contributed by atoms with E-state index in [2.05, 4.69) is 0 Å². The van der Waals surface area contributed by atoms with Gasteiger partial charge in [0.15, 0.2) is 0 Å². The molecule has 1 aromatic carbocycles. The minimum atomic E-state index is -1.26. The minimum Gasteiger partial charge on any atom is -0.458 e. The number of benzene rings is 1. The van der Waals surface area contributed by atoms with Gasteiger partial charge in [-0.1, -0.05) is 56.4 Å². The van der Waals surface area contributed by atoms with E-state index in [0.29, 0.717) is 9.09 Å². The number of non-ortho nitro benzene ring substituents is 1. The maximum absolute atomic E-state index is 12.6. The molecule has 3 atom stereocenters. The number of esters is 1. The maximum atomic E-state index is 12.6. The number of nitrogens with zero attached hydrogens (tertiary/aromatic N) is 2. The Morgan fingerprint density at radius 3 is 2.52 bits per heavy atom. The van der Waals surface area contributed by atoms with E-state index < -0.39 is 16.4 Å². The second-order valence-electron chi connectivity index (χ2n) is 6.57. The standard InChI is InChI=1S/C18H21ClN2O5S3/c1-4-28-18(27)29-16-13(10(2)3)15(22)20(16)14(19)17(23)26-9-11-5-7-12(8-6-11)21(24)25/h5-8,10,13-14,16H,4,9H2,1-3H3. The first-order valence-electron chi connectivity index (χ1n) is 8.87. The number of ether oxygens (including phenoxy) is 1. The van der Waals surface area contributed by atoms with Crippen LogP contribution in [0.3, 0.4) is 0 Å². The summed E-state index contributed by atoms with van der Waals surface area (Å²) in [6, 6.07) is 5.65. The summed E-state index contributed by atoms with van der Waals surface area (Å²) >= 11 is 14.5. The highest BCUT2D eigenvalue weighted by Gasteiger charge is 2.53. The van der Waals surface area contributed by atoms with Gasteiger partial charge in [0.1, 0.15) is 10.1 Å². The van der Waals surface area contributed by atoms with Gasteiger partial charge in [-0.25, -0.2) is 4.79 Å². The molecule has 29 heavy (non-hydrogen) atoms. The first-order valence-corrected chi connectivity index (χ1v) is 11.6. The van der Waals surface area contributed by atoms with Gasteiger partial charge in [-0.05, 0) is 29.4 Å². The number of rotatable bonds is 8. The van der Waals surface area contributed by atoms with Crippen molar-refractivity contribution >= 4 is 68.4 Å². The van der Waals surface area contributed by atoms with Crippen LogP contribution in [0, 0.1) is 22.0 Å². The molecule has 1 aliphatic heterocycles. The Morgan fingerprint density at radius 2 is 2.00 bits per heavy atom. The van der Waals surface area contributed by atoms with Gasteiger partial charge in [0.25, 0.3) is 5.69 Å². The third kappa shape index (κ3) is 5.84. The highest BCUT2D eigenvalue weighted by Crippen LogP contribution is 2.43. The fourth-order valence-corrected chi connectivity index (χ4v) is 6.06. The predicted octanol–water partition coefficient (Wildman–Crippen LogP) is 4.41. The number of carbonyl (C=O) groups excluding carboxylic acids is 2. The van der Waals surface area contributed by atoms with Gasteiger partial charge in [-0.3, -0.25) is 14.9 Å². The number of amides is 1. The third-order valence-electron chi connectivity index (χ3n) is 4.29. The number of alkyl halides is 1. The lowest BCUT2D eigenvalue weighted by molar-refractivity contribution is -0.384. The van der Waals surface area contributed by atoms with Gasteiger partial charge in [-0.2, -0.15) is 0 Å². The highest BCUT2D eigenvalue weighted by atomic mass is 35.5. The van der Waals surface area contributed by atoms with E-state index in [9.17, 15) is 19.7 Å². The molecule has 3 unspecified atom stereocenters. The van der Waals surface area contributed by atoms with Crippen LogP contribution in [-0.2, 0) is 20.9 Å². The molecule has 1 aromatic rings. The van der Waals surface area contributed by atoms with Gasteiger partial charge in [0, 0.05) is 12.1 Å². The molecule has 1 saturated heterocycles. The maximum Gasteiger partial charge on any atom is 0.345 e. The van der Waals surface area contributed by atoms with Crippen molar-refractivity contribution in [3.05, 3.63) is 39.9 Å². The average Bonchev–Trinajstić information content (AvgIpc) is 2.65. The Kier molecular flexibility index (Phi) is 8.74. The van der Waals surface area contributed by atoms with Crippen LogP contribution in [0.2, 0.25) is 0 Å². The summed E-state index contributed by atoms with van der Waals surface area (Å²) in [5.74, 6) is -0.306. The van der Waals surface area contributed by atoms with Crippen LogP contribution in [0.5, 0.6) is 0 Å². The molecule has 0 spiro atoms. The van der Waals surface area contributed by atoms with Gasteiger partial charge in [0.2, 0.25) is 11.4 Å². The van der Waals surface area contributed by atoms with E-state index in [4.69, 9.17) is 28.6 Å². The summed E-state index contributed by atoms with van der Waals surface area (Å²) in [5.41, 5.74) is -0.737. The van der Waals surface area contributed by atoms with Crippen LogP contribution >= 0.6 is 47.3 Å². The number of hydrogen-bond donors (Lipinski definition) is 0. The molecule has 0 saturated carbocycles. The van der Waals surface area contributed by atoms with Crippen molar-refractivity contribution in [3.63, 3.8) is 0 Å². The Balaban J connectivity index is 2.01. The molecule has 1 amide bonds. The van der Waals surface area contributed by atoms with Crippen LogP contribution in [0.25, 0.3) is 0 Å². The summed E-state index contributed by atoms with van der Waals surface area (Å²) in [6.07, 6.45) is 0. The third-order valence-corrected chi connectivity index (χ3v) is 7.44. The summed E-state index contributed by atoms with van der Waals surface area (Å²) in [6.45, 7) is 5.78. The molecule has 0 N–H and O–H groups in total. The van der Waals surface area contributed by atoms with Crippen molar-refractivity contribution in [3.8, 4) is 0 Å². The predicted molar refractivity (Wildman–Crippen MR) is 120 cm³/mol. The largest absolute Gasteiger partial charge is 0.458 e. The monoisotopic (exact) mass is 476 g/mol. The van der Waals surface area contributed by atoms with Gasteiger partial charge in [0.05, 0.1) is 16.2 Å². The molecular weight excluding hydrogens is 456 g/mol. The summed E-state index contributed by atoms with van der Waals surface area (Å²) < 4.78 is 5.91.